The Morgan fingerprint density at radius 3 is 2.24 bits per heavy atom. The summed E-state index contributed by atoms with van der Waals surface area (Å²) in [5.41, 5.74) is 3.11. The number of carbonyl (C=O) groups excluding carboxylic acids is 1. The fourth-order valence-corrected chi connectivity index (χ4v) is 3.08. The van der Waals surface area contributed by atoms with Gasteiger partial charge >= 0.3 is 11.9 Å². The van der Waals surface area contributed by atoms with E-state index in [1.54, 1.807) is 7.11 Å². The van der Waals surface area contributed by atoms with Crippen molar-refractivity contribution in [3.05, 3.63) is 54.1 Å². The van der Waals surface area contributed by atoms with Gasteiger partial charge in [-0.1, -0.05) is 24.3 Å². The summed E-state index contributed by atoms with van der Waals surface area (Å²) in [6.07, 6.45) is 0.863. The molecule has 1 heterocycles. The number of carbonyl (C=O) groups is 3. The van der Waals surface area contributed by atoms with Crippen LogP contribution in [0.3, 0.4) is 0 Å². The van der Waals surface area contributed by atoms with E-state index in [1.165, 1.54) is 5.56 Å². The molecule has 0 aromatic heterocycles. The van der Waals surface area contributed by atoms with Crippen LogP contribution in [0.15, 0.2) is 48.5 Å². The molecule has 2 aromatic carbocycles. The number of morpholine rings is 1. The molecule has 2 aromatic rings. The molecule has 0 radical (unpaired) electrons. The first-order valence-corrected chi connectivity index (χ1v) is 10.4. The highest BCUT2D eigenvalue weighted by Crippen LogP contribution is 2.26. The van der Waals surface area contributed by atoms with Gasteiger partial charge in [0.2, 0.25) is 5.91 Å². The molecule has 3 rings (SSSR count). The third kappa shape index (κ3) is 9.17. The minimum absolute atomic E-state index is 0.0366. The minimum atomic E-state index is -1.82. The first-order valence-electron chi connectivity index (χ1n) is 10.4. The van der Waals surface area contributed by atoms with Crippen molar-refractivity contribution in [3.63, 3.8) is 0 Å². The van der Waals surface area contributed by atoms with E-state index in [-0.39, 0.29) is 12.5 Å². The SMILES string of the molecule is COc1ccc(CCNCC(=O)Nc2ccccc2N2CCOCC2)cc1.O=C(O)C(=O)O. The van der Waals surface area contributed by atoms with Crippen molar-refractivity contribution in [2.24, 2.45) is 0 Å². The van der Waals surface area contributed by atoms with Crippen LogP contribution in [-0.4, -0.2) is 74.6 Å². The lowest BCUT2D eigenvalue weighted by atomic mass is 10.1. The molecule has 10 nitrogen and oxygen atoms in total. The van der Waals surface area contributed by atoms with Gasteiger partial charge < -0.3 is 35.2 Å². The number of para-hydroxylation sites is 2. The molecule has 1 aliphatic heterocycles. The number of anilines is 2. The molecule has 10 heteroatoms. The number of nitrogens with one attached hydrogen (secondary N) is 2. The Hall–Kier alpha value is -3.63. The zero-order valence-electron chi connectivity index (χ0n) is 18.5. The van der Waals surface area contributed by atoms with Crippen LogP contribution < -0.4 is 20.3 Å². The van der Waals surface area contributed by atoms with Crippen molar-refractivity contribution in [1.29, 1.82) is 0 Å². The molecule has 0 saturated carbocycles. The summed E-state index contributed by atoms with van der Waals surface area (Å²) in [5, 5.41) is 21.0. The number of aliphatic carboxylic acids is 2. The van der Waals surface area contributed by atoms with Gasteiger partial charge in [0.1, 0.15) is 5.75 Å². The summed E-state index contributed by atoms with van der Waals surface area (Å²) >= 11 is 0. The molecular weight excluding hydrogens is 430 g/mol. The van der Waals surface area contributed by atoms with E-state index in [4.69, 9.17) is 29.3 Å². The normalized spacial score (nSPS) is 12.8. The van der Waals surface area contributed by atoms with E-state index in [0.29, 0.717) is 0 Å². The number of amides is 1. The van der Waals surface area contributed by atoms with Crippen LogP contribution >= 0.6 is 0 Å². The molecule has 0 atom stereocenters. The Kier molecular flexibility index (Phi) is 10.6. The lowest BCUT2D eigenvalue weighted by Crippen LogP contribution is -2.37. The second kappa shape index (κ2) is 13.7. The molecule has 33 heavy (non-hydrogen) atoms. The van der Waals surface area contributed by atoms with Gasteiger partial charge in [-0.05, 0) is 42.8 Å². The van der Waals surface area contributed by atoms with Crippen LogP contribution in [0.4, 0.5) is 11.4 Å². The minimum Gasteiger partial charge on any atom is -0.497 e. The first kappa shape index (κ1) is 25.6. The second-order valence-corrected chi connectivity index (χ2v) is 7.05. The van der Waals surface area contributed by atoms with Crippen LogP contribution in [0, 0.1) is 0 Å². The van der Waals surface area contributed by atoms with E-state index in [9.17, 15) is 4.79 Å². The number of carboxylic acid groups (broad SMARTS) is 2. The maximum atomic E-state index is 12.3. The fraction of sp³-hybridized carbons (Fsp3) is 0.348. The number of carboxylic acids is 2. The Labute approximate surface area is 192 Å². The molecule has 0 aliphatic carbocycles. The summed E-state index contributed by atoms with van der Waals surface area (Å²) in [7, 11) is 1.66. The molecule has 1 saturated heterocycles. The van der Waals surface area contributed by atoms with E-state index < -0.39 is 11.9 Å². The van der Waals surface area contributed by atoms with Gasteiger partial charge in [0, 0.05) is 13.1 Å². The average Bonchev–Trinajstić information content (AvgIpc) is 2.83. The van der Waals surface area contributed by atoms with Crippen molar-refractivity contribution in [3.8, 4) is 5.75 Å². The zero-order chi connectivity index (χ0) is 24.1. The topological polar surface area (TPSA) is 137 Å². The van der Waals surface area contributed by atoms with E-state index >= 15 is 0 Å². The summed E-state index contributed by atoms with van der Waals surface area (Å²) in [4.78, 5) is 32.8. The van der Waals surface area contributed by atoms with Gasteiger partial charge in [-0.2, -0.15) is 0 Å². The third-order valence-electron chi connectivity index (χ3n) is 4.75. The third-order valence-corrected chi connectivity index (χ3v) is 4.75. The highest BCUT2D eigenvalue weighted by atomic mass is 16.5. The number of benzene rings is 2. The number of hydrogen-bond acceptors (Lipinski definition) is 7. The standard InChI is InChI=1S/C21H27N3O3.C2H2O4/c1-26-18-8-6-17(7-9-18)10-11-22-16-21(25)23-19-4-2-3-5-20(19)24-12-14-27-15-13-24;3-1(4)2(5)6/h2-9,22H,10-16H2,1H3,(H,23,25);(H,3,4)(H,5,6). The lowest BCUT2D eigenvalue weighted by Gasteiger charge is -2.30. The van der Waals surface area contributed by atoms with Gasteiger partial charge in [0.25, 0.3) is 0 Å². The first-order chi connectivity index (χ1) is 15.9. The van der Waals surface area contributed by atoms with E-state index in [2.05, 4.69) is 15.5 Å². The Morgan fingerprint density at radius 1 is 1.00 bits per heavy atom. The van der Waals surface area contributed by atoms with Crippen LogP contribution in [0.5, 0.6) is 5.75 Å². The summed E-state index contributed by atoms with van der Waals surface area (Å²) < 4.78 is 10.6. The molecule has 0 unspecified atom stereocenters. The van der Waals surface area contributed by atoms with Gasteiger partial charge in [-0.15, -0.1) is 0 Å². The highest BCUT2D eigenvalue weighted by molar-refractivity contribution is 6.27. The van der Waals surface area contributed by atoms with Crippen molar-refractivity contribution < 1.29 is 34.1 Å². The van der Waals surface area contributed by atoms with Crippen molar-refractivity contribution in [2.45, 2.75) is 6.42 Å². The largest absolute Gasteiger partial charge is 0.497 e. The van der Waals surface area contributed by atoms with Crippen LogP contribution in [0.25, 0.3) is 0 Å². The maximum Gasteiger partial charge on any atom is 0.414 e. The molecule has 0 spiro atoms. The Balaban J connectivity index is 0.000000569. The van der Waals surface area contributed by atoms with E-state index in [0.717, 1.165) is 56.4 Å². The number of methoxy groups -OCH3 is 1. The van der Waals surface area contributed by atoms with Gasteiger partial charge in [0.15, 0.2) is 0 Å². The molecular formula is C23H29N3O7. The molecule has 1 fully saturated rings. The average molecular weight is 459 g/mol. The summed E-state index contributed by atoms with van der Waals surface area (Å²) in [6.45, 7) is 4.14. The molecule has 1 amide bonds. The van der Waals surface area contributed by atoms with Gasteiger partial charge in [-0.25, -0.2) is 9.59 Å². The molecule has 1 aliphatic rings. The molecule has 178 valence electrons. The molecule has 4 N–H and O–H groups in total. The predicted molar refractivity (Wildman–Crippen MR) is 123 cm³/mol. The Morgan fingerprint density at radius 2 is 1.64 bits per heavy atom. The fourth-order valence-electron chi connectivity index (χ4n) is 3.08. The molecule has 0 bridgehead atoms. The van der Waals surface area contributed by atoms with Crippen molar-refractivity contribution >= 4 is 29.2 Å². The van der Waals surface area contributed by atoms with E-state index in [1.807, 2.05) is 48.5 Å². The van der Waals surface area contributed by atoms with Gasteiger partial charge in [0.05, 0.1) is 38.2 Å². The smallest absolute Gasteiger partial charge is 0.414 e. The van der Waals surface area contributed by atoms with Gasteiger partial charge in [-0.3, -0.25) is 4.79 Å². The van der Waals surface area contributed by atoms with Crippen LogP contribution in [0.2, 0.25) is 0 Å². The monoisotopic (exact) mass is 459 g/mol. The van der Waals surface area contributed by atoms with Crippen molar-refractivity contribution in [1.82, 2.24) is 5.32 Å². The Bertz CT molecular complexity index is 901. The van der Waals surface area contributed by atoms with Crippen LogP contribution in [-0.2, 0) is 25.5 Å². The quantitative estimate of drug-likeness (QED) is 0.341. The zero-order valence-corrected chi connectivity index (χ0v) is 18.5. The highest BCUT2D eigenvalue weighted by Gasteiger charge is 2.15. The van der Waals surface area contributed by atoms with Crippen molar-refractivity contribution in [2.75, 3.05) is 56.7 Å². The predicted octanol–water partition coefficient (Wildman–Crippen LogP) is 1.46. The number of hydrogen-bond donors (Lipinski definition) is 4. The second-order valence-electron chi connectivity index (χ2n) is 7.05. The summed E-state index contributed by atoms with van der Waals surface area (Å²) in [5.74, 6) is -2.83. The number of ether oxygens (including phenoxy) is 2. The number of nitrogens with zero attached hydrogens (tertiary/aromatic N) is 1. The number of rotatable bonds is 8. The van der Waals surface area contributed by atoms with Crippen LogP contribution in [0.1, 0.15) is 5.56 Å². The maximum absolute atomic E-state index is 12.3. The summed E-state index contributed by atoms with van der Waals surface area (Å²) in [6, 6.07) is 15.9. The lowest BCUT2D eigenvalue weighted by molar-refractivity contribution is -0.159.